The zero-order valence-electron chi connectivity index (χ0n) is 9.23. The Balaban J connectivity index is 3.01. The van der Waals surface area contributed by atoms with E-state index in [2.05, 4.69) is 0 Å². The van der Waals surface area contributed by atoms with Crippen LogP contribution in [0.15, 0.2) is 40.1 Å². The molecule has 0 aliphatic heterocycles. The molecule has 0 amide bonds. The third-order valence-electron chi connectivity index (χ3n) is 2.47. The highest BCUT2D eigenvalue weighted by Gasteiger charge is 2.13. The lowest BCUT2D eigenvalue weighted by molar-refractivity contribution is 0.462. The number of benzene rings is 2. The van der Waals surface area contributed by atoms with Crippen molar-refractivity contribution in [1.82, 2.24) is 0 Å². The summed E-state index contributed by atoms with van der Waals surface area (Å²) in [6.07, 6.45) is 0. The van der Waals surface area contributed by atoms with Gasteiger partial charge in [0.1, 0.15) is 20.2 Å². The predicted molar refractivity (Wildman–Crippen MR) is 64.3 cm³/mol. The zero-order chi connectivity index (χ0) is 14.4. The summed E-state index contributed by atoms with van der Waals surface area (Å²) in [6.45, 7) is 0. The van der Waals surface area contributed by atoms with Gasteiger partial charge in [-0.25, -0.2) is 16.8 Å². The molecular weight excluding hydrogens is 294 g/mol. The number of anilines is 1. The molecule has 0 saturated heterocycles. The second kappa shape index (κ2) is 4.17. The molecule has 0 aliphatic carbocycles. The van der Waals surface area contributed by atoms with Gasteiger partial charge >= 0.3 is 0 Å². The molecule has 7 nitrogen and oxygen atoms in total. The monoisotopic (exact) mass is 301 g/mol. The van der Waals surface area contributed by atoms with E-state index >= 15 is 0 Å². The molecule has 9 heteroatoms. The van der Waals surface area contributed by atoms with Gasteiger partial charge in [0.15, 0.2) is 0 Å². The van der Waals surface area contributed by atoms with Gasteiger partial charge < -0.3 is 14.8 Å². The third-order valence-corrected chi connectivity index (χ3v) is 4.16. The Morgan fingerprint density at radius 2 is 1.53 bits per heavy atom. The third kappa shape index (κ3) is 2.68. The number of nitrogen functional groups attached to an aromatic ring is 1. The van der Waals surface area contributed by atoms with Crippen molar-refractivity contribution in [3.8, 4) is 0 Å². The maximum absolute atomic E-state index is 11.1. The van der Waals surface area contributed by atoms with Crippen LogP contribution in [0.5, 0.6) is 0 Å². The van der Waals surface area contributed by atoms with Gasteiger partial charge in [-0.2, -0.15) is 0 Å². The van der Waals surface area contributed by atoms with E-state index in [4.69, 9.17) is 5.73 Å². The van der Waals surface area contributed by atoms with Gasteiger partial charge in [0, 0.05) is 11.1 Å². The Labute approximate surface area is 109 Å². The molecule has 0 radical (unpaired) electrons. The van der Waals surface area contributed by atoms with Crippen LogP contribution < -0.4 is 5.73 Å². The lowest BCUT2D eigenvalue weighted by atomic mass is 10.1. The molecule has 0 aliphatic rings. The molecule has 0 spiro atoms. The lowest BCUT2D eigenvalue weighted by Gasteiger charge is -2.15. The van der Waals surface area contributed by atoms with Gasteiger partial charge in [0.05, 0.1) is 9.79 Å². The normalized spacial score (nSPS) is 12.7. The number of nitrogens with two attached hydrogens (primary N) is 1. The first-order valence-corrected chi connectivity index (χ1v) is 7.66. The van der Waals surface area contributed by atoms with Crippen molar-refractivity contribution in [2.45, 2.75) is 9.79 Å². The molecule has 2 N–H and O–H groups in total. The molecule has 0 heterocycles. The van der Waals surface area contributed by atoms with E-state index in [1.54, 1.807) is 0 Å². The summed E-state index contributed by atoms with van der Waals surface area (Å²) in [5.74, 6) is 0. The van der Waals surface area contributed by atoms with Gasteiger partial charge in [-0.1, -0.05) is 6.07 Å². The molecule has 0 saturated carbocycles. The van der Waals surface area contributed by atoms with E-state index in [1.807, 2.05) is 0 Å². The summed E-state index contributed by atoms with van der Waals surface area (Å²) < 4.78 is 66.3. The average Bonchev–Trinajstić information content (AvgIpc) is 2.24. The van der Waals surface area contributed by atoms with Crippen molar-refractivity contribution in [3.05, 3.63) is 30.3 Å². The van der Waals surface area contributed by atoms with Crippen LogP contribution in [0, 0.1) is 0 Å². The number of hydrogen-bond acceptors (Lipinski definition) is 7. The van der Waals surface area contributed by atoms with Gasteiger partial charge in [-0.15, -0.1) is 0 Å². The van der Waals surface area contributed by atoms with Gasteiger partial charge in [0.2, 0.25) is 0 Å². The Hall–Kier alpha value is -1.68. The Morgan fingerprint density at radius 1 is 0.895 bits per heavy atom. The van der Waals surface area contributed by atoms with Crippen molar-refractivity contribution in [1.29, 1.82) is 0 Å². The average molecular weight is 301 g/mol. The van der Waals surface area contributed by atoms with Crippen molar-refractivity contribution >= 4 is 36.7 Å². The van der Waals surface area contributed by atoms with E-state index in [1.165, 1.54) is 18.2 Å². The van der Waals surface area contributed by atoms with Gasteiger partial charge in [-0.3, -0.25) is 0 Å². The summed E-state index contributed by atoms with van der Waals surface area (Å²) in [5.41, 5.74) is 5.69. The SMILES string of the molecule is Nc1ccc2cc(S(=O)(=O)[O-])cc(S(=O)(=O)[O-])c2c1. The quantitative estimate of drug-likeness (QED) is 0.618. The first-order chi connectivity index (χ1) is 8.59. The minimum Gasteiger partial charge on any atom is -0.744 e. The van der Waals surface area contributed by atoms with E-state index in [0.717, 1.165) is 6.07 Å². The maximum Gasteiger partial charge on any atom is 0.125 e. The summed E-state index contributed by atoms with van der Waals surface area (Å²) in [6, 6.07) is 5.48. The standard InChI is InChI=1S/C10H9NO6S2/c11-7-2-1-6-3-8(18(12,13)14)5-10(9(6)4-7)19(15,16)17/h1-5H,11H2,(H,12,13,14)(H,15,16,17)/p-2. The van der Waals surface area contributed by atoms with E-state index < -0.39 is 30.0 Å². The Morgan fingerprint density at radius 3 is 2.05 bits per heavy atom. The molecule has 0 atom stereocenters. The molecule has 2 rings (SSSR count). The smallest absolute Gasteiger partial charge is 0.125 e. The van der Waals surface area contributed by atoms with Crippen LogP contribution in [-0.4, -0.2) is 25.9 Å². The minimum absolute atomic E-state index is 0.0256. The molecule has 102 valence electrons. The van der Waals surface area contributed by atoms with Gasteiger partial charge in [0.25, 0.3) is 0 Å². The summed E-state index contributed by atoms with van der Waals surface area (Å²) in [5, 5.41) is 0.1000. The fraction of sp³-hybridized carbons (Fsp3) is 0. The highest BCUT2D eigenvalue weighted by molar-refractivity contribution is 7.86. The number of fused-ring (bicyclic) bond motifs is 1. The van der Waals surface area contributed by atoms with Gasteiger partial charge in [-0.05, 0) is 29.7 Å². The predicted octanol–water partition coefficient (Wildman–Crippen LogP) is 0.230. The van der Waals surface area contributed by atoms with Crippen LogP contribution in [0.25, 0.3) is 10.8 Å². The van der Waals surface area contributed by atoms with Crippen LogP contribution in [0.2, 0.25) is 0 Å². The first kappa shape index (κ1) is 13.7. The van der Waals surface area contributed by atoms with Crippen LogP contribution in [0.4, 0.5) is 5.69 Å². The lowest BCUT2D eigenvalue weighted by Crippen LogP contribution is -2.05. The van der Waals surface area contributed by atoms with Crippen molar-refractivity contribution in [2.24, 2.45) is 0 Å². The molecule has 0 aromatic heterocycles. The molecular formula is C10H7NO6S2-2. The highest BCUT2D eigenvalue weighted by atomic mass is 32.2. The fourth-order valence-electron chi connectivity index (χ4n) is 1.67. The van der Waals surface area contributed by atoms with Crippen molar-refractivity contribution in [2.75, 3.05) is 5.73 Å². The van der Waals surface area contributed by atoms with Crippen LogP contribution in [-0.2, 0) is 20.2 Å². The number of rotatable bonds is 2. The topological polar surface area (TPSA) is 140 Å². The second-order valence-electron chi connectivity index (χ2n) is 3.81. The highest BCUT2D eigenvalue weighted by Crippen LogP contribution is 2.28. The van der Waals surface area contributed by atoms with Crippen molar-refractivity contribution in [3.63, 3.8) is 0 Å². The fourth-order valence-corrected chi connectivity index (χ4v) is 2.99. The van der Waals surface area contributed by atoms with E-state index in [9.17, 15) is 25.9 Å². The first-order valence-electron chi connectivity index (χ1n) is 4.84. The van der Waals surface area contributed by atoms with E-state index in [-0.39, 0.29) is 16.5 Å². The maximum atomic E-state index is 11.1. The second-order valence-corrected chi connectivity index (χ2v) is 6.54. The van der Waals surface area contributed by atoms with Crippen molar-refractivity contribution < 1.29 is 25.9 Å². The molecule has 2 aromatic rings. The molecule has 19 heavy (non-hydrogen) atoms. The molecule has 0 fully saturated rings. The Bertz CT molecular complexity index is 870. The van der Waals surface area contributed by atoms with Crippen LogP contribution in [0.1, 0.15) is 0 Å². The molecule has 0 bridgehead atoms. The Kier molecular flexibility index (Phi) is 3.01. The molecule has 0 unspecified atom stereocenters. The minimum atomic E-state index is -4.94. The summed E-state index contributed by atoms with van der Waals surface area (Å²) >= 11 is 0. The van der Waals surface area contributed by atoms with Crippen LogP contribution in [0.3, 0.4) is 0 Å². The van der Waals surface area contributed by atoms with E-state index in [0.29, 0.717) is 6.07 Å². The largest absolute Gasteiger partial charge is 0.744 e. The summed E-state index contributed by atoms with van der Waals surface area (Å²) in [4.78, 5) is -1.56. The zero-order valence-corrected chi connectivity index (χ0v) is 10.9. The summed E-state index contributed by atoms with van der Waals surface area (Å²) in [7, 11) is -9.81. The van der Waals surface area contributed by atoms with Crippen LogP contribution >= 0.6 is 0 Å². The number of hydrogen-bond donors (Lipinski definition) is 1. The molecule has 2 aromatic carbocycles.